The van der Waals surface area contributed by atoms with Crippen molar-refractivity contribution in [2.45, 2.75) is 0 Å². The van der Waals surface area contributed by atoms with Crippen molar-refractivity contribution in [1.29, 1.82) is 0 Å². The largest absolute Gasteiger partial charge is 0.497 e. The van der Waals surface area contributed by atoms with Gasteiger partial charge in [-0.3, -0.25) is 0 Å². The molecule has 0 saturated carbocycles. The minimum Gasteiger partial charge on any atom is -0.497 e. The molecule has 0 spiro atoms. The van der Waals surface area contributed by atoms with Crippen LogP contribution in [0.3, 0.4) is 0 Å². The number of methoxy groups -OCH3 is 1. The van der Waals surface area contributed by atoms with Crippen LogP contribution in [0.1, 0.15) is 0 Å². The maximum atomic E-state index is 11.3. The van der Waals surface area contributed by atoms with E-state index in [0.29, 0.717) is 22.8 Å². The van der Waals surface area contributed by atoms with Crippen molar-refractivity contribution in [3.8, 4) is 22.9 Å². The molecule has 0 amide bonds. The second-order valence-corrected chi connectivity index (χ2v) is 6.22. The van der Waals surface area contributed by atoms with Gasteiger partial charge < -0.3 is 13.9 Å². The minimum absolute atomic E-state index is 0.158. The molecule has 0 aliphatic rings. The number of benzene rings is 1. The van der Waals surface area contributed by atoms with Gasteiger partial charge in [0.1, 0.15) is 17.3 Å². The van der Waals surface area contributed by atoms with E-state index in [1.807, 2.05) is 6.07 Å². The number of H-pyrrole nitrogens is 1. The maximum Gasteiger partial charge on any atom is 0.306 e. The topological polar surface area (TPSA) is 94.2 Å². The highest BCUT2D eigenvalue weighted by atomic mass is 32.2. The molecule has 0 radical (unpaired) electrons. The Balaban J connectivity index is 2.10. The number of hydrogen-bond donors (Lipinski definition) is 1. The predicted molar refractivity (Wildman–Crippen MR) is 81.3 cm³/mol. The number of ether oxygens (including phenoxy) is 1. The Labute approximate surface area is 127 Å². The second kappa shape index (κ2) is 5.30. The van der Waals surface area contributed by atoms with Gasteiger partial charge in [0.2, 0.25) is 0 Å². The average Bonchev–Trinajstić information content (AvgIpc) is 2.89. The minimum atomic E-state index is -3.62. The van der Waals surface area contributed by atoms with E-state index in [-0.39, 0.29) is 5.75 Å². The SMILES string of the molecule is COc1cc(OS(C)(=O)=O)cc(-c2nc3ncccc3[nH]2)c1. The second-order valence-electron chi connectivity index (χ2n) is 4.64. The van der Waals surface area contributed by atoms with Crippen LogP contribution in [0.2, 0.25) is 0 Å². The van der Waals surface area contributed by atoms with Gasteiger partial charge in [-0.15, -0.1) is 0 Å². The molecular weight excluding hydrogens is 306 g/mol. The Kier molecular flexibility index (Phi) is 3.45. The third kappa shape index (κ3) is 3.01. The summed E-state index contributed by atoms with van der Waals surface area (Å²) in [7, 11) is -2.13. The van der Waals surface area contributed by atoms with Gasteiger partial charge in [0.25, 0.3) is 0 Å². The van der Waals surface area contributed by atoms with E-state index in [9.17, 15) is 8.42 Å². The summed E-state index contributed by atoms with van der Waals surface area (Å²) in [6.45, 7) is 0. The number of fused-ring (bicyclic) bond motifs is 1. The Bertz CT molecular complexity index is 901. The van der Waals surface area contributed by atoms with E-state index in [1.54, 1.807) is 24.4 Å². The van der Waals surface area contributed by atoms with Crippen LogP contribution >= 0.6 is 0 Å². The van der Waals surface area contributed by atoms with E-state index < -0.39 is 10.1 Å². The molecule has 0 bridgehead atoms. The smallest absolute Gasteiger partial charge is 0.306 e. The van der Waals surface area contributed by atoms with E-state index >= 15 is 0 Å². The van der Waals surface area contributed by atoms with Crippen molar-refractivity contribution < 1.29 is 17.3 Å². The number of rotatable bonds is 4. The van der Waals surface area contributed by atoms with Crippen LogP contribution in [0.5, 0.6) is 11.5 Å². The van der Waals surface area contributed by atoms with Gasteiger partial charge in [0.15, 0.2) is 5.65 Å². The summed E-state index contributed by atoms with van der Waals surface area (Å²) in [6, 6.07) is 8.45. The average molecular weight is 319 g/mol. The third-order valence-corrected chi connectivity index (χ3v) is 3.39. The van der Waals surface area contributed by atoms with Crippen LogP contribution in [0.15, 0.2) is 36.5 Å². The number of pyridine rings is 1. The summed E-state index contributed by atoms with van der Waals surface area (Å²) in [6.07, 6.45) is 2.63. The standard InChI is InChI=1S/C14H13N3O4S/c1-20-10-6-9(7-11(8-10)21-22(2,18)19)13-16-12-4-3-5-15-14(12)17-13/h3-8H,1-2H3,(H,15,16,17). The highest BCUT2D eigenvalue weighted by molar-refractivity contribution is 7.86. The molecule has 0 saturated heterocycles. The zero-order valence-corrected chi connectivity index (χ0v) is 12.7. The van der Waals surface area contributed by atoms with Gasteiger partial charge in [0, 0.05) is 17.8 Å². The predicted octanol–water partition coefficient (Wildman–Crippen LogP) is 1.97. The molecule has 3 aromatic rings. The zero-order chi connectivity index (χ0) is 15.7. The van der Waals surface area contributed by atoms with Crippen molar-refractivity contribution in [2.75, 3.05) is 13.4 Å². The van der Waals surface area contributed by atoms with Gasteiger partial charge in [-0.2, -0.15) is 8.42 Å². The van der Waals surface area contributed by atoms with Crippen LogP contribution in [0.25, 0.3) is 22.6 Å². The number of aromatic nitrogens is 3. The zero-order valence-electron chi connectivity index (χ0n) is 11.9. The summed E-state index contributed by atoms with van der Waals surface area (Å²) in [4.78, 5) is 11.6. The molecule has 114 valence electrons. The maximum absolute atomic E-state index is 11.3. The molecular formula is C14H13N3O4S. The van der Waals surface area contributed by atoms with Crippen molar-refractivity contribution in [3.05, 3.63) is 36.5 Å². The quantitative estimate of drug-likeness (QED) is 0.739. The lowest BCUT2D eigenvalue weighted by atomic mass is 10.2. The number of hydrogen-bond acceptors (Lipinski definition) is 6. The number of imidazole rings is 1. The van der Waals surface area contributed by atoms with Crippen LogP contribution in [-0.2, 0) is 10.1 Å². The van der Waals surface area contributed by atoms with Gasteiger partial charge in [-0.05, 0) is 24.3 Å². The van der Waals surface area contributed by atoms with E-state index in [1.165, 1.54) is 13.2 Å². The number of aromatic amines is 1. The Morgan fingerprint density at radius 2 is 1.95 bits per heavy atom. The first-order valence-corrected chi connectivity index (χ1v) is 8.16. The summed E-state index contributed by atoms with van der Waals surface area (Å²) >= 11 is 0. The molecule has 0 atom stereocenters. The van der Waals surface area contributed by atoms with Crippen LogP contribution in [-0.4, -0.2) is 36.7 Å². The summed E-state index contributed by atoms with van der Waals surface area (Å²) < 4.78 is 32.7. The van der Waals surface area contributed by atoms with Crippen molar-refractivity contribution >= 4 is 21.3 Å². The molecule has 22 heavy (non-hydrogen) atoms. The fourth-order valence-corrected chi connectivity index (χ4v) is 2.48. The first-order valence-electron chi connectivity index (χ1n) is 6.34. The molecule has 8 heteroatoms. The van der Waals surface area contributed by atoms with Gasteiger partial charge in [0.05, 0.1) is 18.9 Å². The van der Waals surface area contributed by atoms with Gasteiger partial charge >= 0.3 is 10.1 Å². The van der Waals surface area contributed by atoms with Crippen molar-refractivity contribution in [3.63, 3.8) is 0 Å². The summed E-state index contributed by atoms with van der Waals surface area (Å²) in [5, 5.41) is 0. The highest BCUT2D eigenvalue weighted by Gasteiger charge is 2.12. The van der Waals surface area contributed by atoms with E-state index in [4.69, 9.17) is 8.92 Å². The molecule has 0 unspecified atom stereocenters. The summed E-state index contributed by atoms with van der Waals surface area (Å²) in [5.74, 6) is 1.17. The molecule has 7 nitrogen and oxygen atoms in total. The molecule has 2 aromatic heterocycles. The Morgan fingerprint density at radius 3 is 2.64 bits per heavy atom. The summed E-state index contributed by atoms with van der Waals surface area (Å²) in [5.41, 5.74) is 1.99. The molecule has 0 fully saturated rings. The molecule has 2 heterocycles. The van der Waals surface area contributed by atoms with Gasteiger partial charge in [-0.1, -0.05) is 0 Å². The Hall–Kier alpha value is -2.61. The van der Waals surface area contributed by atoms with Crippen LogP contribution in [0, 0.1) is 0 Å². The fraction of sp³-hybridized carbons (Fsp3) is 0.143. The first-order chi connectivity index (χ1) is 10.4. The van der Waals surface area contributed by atoms with Crippen LogP contribution in [0.4, 0.5) is 0 Å². The third-order valence-electron chi connectivity index (χ3n) is 2.89. The highest BCUT2D eigenvalue weighted by Crippen LogP contribution is 2.29. The lowest BCUT2D eigenvalue weighted by Crippen LogP contribution is -2.06. The van der Waals surface area contributed by atoms with E-state index in [0.717, 1.165) is 11.8 Å². The molecule has 0 aliphatic heterocycles. The van der Waals surface area contributed by atoms with E-state index in [2.05, 4.69) is 15.0 Å². The first kappa shape index (κ1) is 14.3. The van der Waals surface area contributed by atoms with Crippen LogP contribution < -0.4 is 8.92 Å². The Morgan fingerprint density at radius 1 is 1.18 bits per heavy atom. The van der Waals surface area contributed by atoms with Crippen molar-refractivity contribution in [2.24, 2.45) is 0 Å². The number of nitrogens with one attached hydrogen (secondary N) is 1. The lowest BCUT2D eigenvalue weighted by molar-refractivity contribution is 0.412. The molecule has 1 N–H and O–H groups in total. The molecule has 0 aliphatic carbocycles. The molecule has 1 aromatic carbocycles. The number of nitrogens with zero attached hydrogens (tertiary/aromatic N) is 2. The fourth-order valence-electron chi connectivity index (χ4n) is 2.03. The lowest BCUT2D eigenvalue weighted by Gasteiger charge is -2.07. The molecule has 3 rings (SSSR count). The van der Waals surface area contributed by atoms with Gasteiger partial charge in [-0.25, -0.2) is 9.97 Å². The monoisotopic (exact) mass is 319 g/mol. The van der Waals surface area contributed by atoms with Crippen molar-refractivity contribution in [1.82, 2.24) is 15.0 Å². The normalized spacial score (nSPS) is 11.5.